The molecule has 1 aromatic heterocycles. The number of amides is 2. The molecule has 2 aliphatic rings. The molecule has 7 nitrogen and oxygen atoms in total. The number of aromatic nitrogens is 3. The average Bonchev–Trinajstić information content (AvgIpc) is 3.40. The Morgan fingerprint density at radius 1 is 0.938 bits per heavy atom. The summed E-state index contributed by atoms with van der Waals surface area (Å²) in [5.41, 5.74) is 4.36. The van der Waals surface area contributed by atoms with Crippen LogP contribution in [-0.4, -0.2) is 63.2 Å². The molecule has 2 aromatic carbocycles. The third-order valence-electron chi connectivity index (χ3n) is 6.77. The van der Waals surface area contributed by atoms with Crippen LogP contribution >= 0.6 is 0 Å². The van der Waals surface area contributed by atoms with Crippen molar-refractivity contribution in [2.75, 3.05) is 26.2 Å². The topological polar surface area (TPSA) is 82.2 Å². The Bertz CT molecular complexity index is 1150. The fourth-order valence-electron chi connectivity index (χ4n) is 4.84. The van der Waals surface area contributed by atoms with Gasteiger partial charge < -0.3 is 9.80 Å². The SMILES string of the molecule is Cc1ccc(C=CC(=O)N2CC[C@@H]3CN(C(=O)c4ccc5n[nH]nc5c4)C[C@@H]3CC2)cc1. The molecule has 32 heavy (non-hydrogen) atoms. The minimum absolute atomic E-state index is 0.0527. The number of likely N-dealkylation sites (tertiary alicyclic amines) is 2. The van der Waals surface area contributed by atoms with Gasteiger partial charge in [-0.05, 0) is 61.4 Å². The van der Waals surface area contributed by atoms with E-state index in [1.807, 2.05) is 52.3 Å². The summed E-state index contributed by atoms with van der Waals surface area (Å²) < 4.78 is 0. The van der Waals surface area contributed by atoms with Gasteiger partial charge in [-0.15, -0.1) is 0 Å². The normalized spacial score (nSPS) is 21.2. The monoisotopic (exact) mass is 429 g/mol. The molecule has 0 bridgehead atoms. The molecule has 0 spiro atoms. The first-order valence-electron chi connectivity index (χ1n) is 11.2. The molecule has 2 atom stereocenters. The minimum atomic E-state index is 0.0527. The number of benzene rings is 2. The van der Waals surface area contributed by atoms with Gasteiger partial charge in [0.05, 0.1) is 0 Å². The summed E-state index contributed by atoms with van der Waals surface area (Å²) in [5.74, 6) is 0.999. The number of hydrogen-bond donors (Lipinski definition) is 1. The number of nitrogens with zero attached hydrogens (tertiary/aromatic N) is 4. The second-order valence-electron chi connectivity index (χ2n) is 8.90. The number of carbonyl (C=O) groups is 2. The summed E-state index contributed by atoms with van der Waals surface area (Å²) in [6.45, 7) is 5.04. The maximum atomic E-state index is 13.0. The quantitative estimate of drug-likeness (QED) is 0.648. The molecule has 2 amide bonds. The molecule has 0 saturated carbocycles. The predicted molar refractivity (Wildman–Crippen MR) is 123 cm³/mol. The third kappa shape index (κ3) is 4.15. The second kappa shape index (κ2) is 8.57. The van der Waals surface area contributed by atoms with Crippen LogP contribution in [-0.2, 0) is 4.79 Å². The predicted octanol–water partition coefficient (Wildman–Crippen LogP) is 3.29. The van der Waals surface area contributed by atoms with E-state index < -0.39 is 0 Å². The molecule has 0 radical (unpaired) electrons. The van der Waals surface area contributed by atoms with E-state index in [-0.39, 0.29) is 11.8 Å². The smallest absolute Gasteiger partial charge is 0.253 e. The van der Waals surface area contributed by atoms with Gasteiger partial charge in [0, 0.05) is 37.8 Å². The van der Waals surface area contributed by atoms with Crippen LogP contribution in [0.25, 0.3) is 17.1 Å². The van der Waals surface area contributed by atoms with Crippen molar-refractivity contribution in [1.29, 1.82) is 0 Å². The molecule has 3 heterocycles. The number of aromatic amines is 1. The summed E-state index contributed by atoms with van der Waals surface area (Å²) in [4.78, 5) is 29.7. The van der Waals surface area contributed by atoms with E-state index in [1.54, 1.807) is 12.1 Å². The fraction of sp³-hybridized carbons (Fsp3) is 0.360. The molecule has 164 valence electrons. The van der Waals surface area contributed by atoms with E-state index in [1.165, 1.54) is 5.56 Å². The van der Waals surface area contributed by atoms with Crippen molar-refractivity contribution in [2.24, 2.45) is 11.8 Å². The summed E-state index contributed by atoms with van der Waals surface area (Å²) in [5, 5.41) is 10.7. The zero-order chi connectivity index (χ0) is 22.1. The average molecular weight is 430 g/mol. The Balaban J connectivity index is 1.19. The Hall–Kier alpha value is -3.48. The number of aryl methyl sites for hydroxylation is 1. The van der Waals surface area contributed by atoms with Crippen LogP contribution in [0.3, 0.4) is 0 Å². The number of H-pyrrole nitrogens is 1. The van der Waals surface area contributed by atoms with Gasteiger partial charge in [0.15, 0.2) is 0 Å². The molecule has 3 aromatic rings. The van der Waals surface area contributed by atoms with Gasteiger partial charge in [-0.25, -0.2) is 0 Å². The molecule has 2 saturated heterocycles. The number of hydrogen-bond acceptors (Lipinski definition) is 4. The van der Waals surface area contributed by atoms with Gasteiger partial charge >= 0.3 is 0 Å². The molecule has 2 aliphatic heterocycles. The van der Waals surface area contributed by atoms with Crippen molar-refractivity contribution in [3.05, 3.63) is 65.2 Å². The first-order valence-corrected chi connectivity index (χ1v) is 11.2. The van der Waals surface area contributed by atoms with Crippen LogP contribution in [0, 0.1) is 18.8 Å². The van der Waals surface area contributed by atoms with E-state index >= 15 is 0 Å². The van der Waals surface area contributed by atoms with Crippen LogP contribution in [0.5, 0.6) is 0 Å². The van der Waals surface area contributed by atoms with Crippen molar-refractivity contribution in [2.45, 2.75) is 19.8 Å². The standard InChI is InChI=1S/C25H27N5O2/c1-17-2-4-18(5-3-17)6-9-24(31)29-12-10-20-15-30(16-21(20)11-13-29)25(32)19-7-8-22-23(14-19)27-28-26-22/h2-9,14,20-21H,10-13,15-16H2,1H3,(H,26,27,28)/t20-,21+. The Kier molecular flexibility index (Phi) is 5.47. The van der Waals surface area contributed by atoms with Crippen molar-refractivity contribution >= 4 is 28.9 Å². The maximum absolute atomic E-state index is 13.0. The largest absolute Gasteiger partial charge is 0.339 e. The van der Waals surface area contributed by atoms with E-state index in [2.05, 4.69) is 22.3 Å². The van der Waals surface area contributed by atoms with Gasteiger partial charge in [0.2, 0.25) is 5.91 Å². The lowest BCUT2D eigenvalue weighted by atomic mass is 9.92. The van der Waals surface area contributed by atoms with Gasteiger partial charge in [0.25, 0.3) is 5.91 Å². The molecule has 7 heteroatoms. The number of nitrogens with one attached hydrogen (secondary N) is 1. The van der Waals surface area contributed by atoms with Crippen molar-refractivity contribution in [1.82, 2.24) is 25.2 Å². The summed E-state index contributed by atoms with van der Waals surface area (Å²) in [6, 6.07) is 13.6. The highest BCUT2D eigenvalue weighted by molar-refractivity contribution is 5.97. The first-order chi connectivity index (χ1) is 15.6. The van der Waals surface area contributed by atoms with E-state index in [9.17, 15) is 9.59 Å². The van der Waals surface area contributed by atoms with Crippen molar-refractivity contribution < 1.29 is 9.59 Å². The lowest BCUT2D eigenvalue weighted by molar-refractivity contribution is -0.126. The summed E-state index contributed by atoms with van der Waals surface area (Å²) in [6.07, 6.45) is 5.43. The third-order valence-corrected chi connectivity index (χ3v) is 6.77. The highest BCUT2D eigenvalue weighted by atomic mass is 16.2. The molecular formula is C25H27N5O2. The molecule has 1 N–H and O–H groups in total. The minimum Gasteiger partial charge on any atom is -0.339 e. The van der Waals surface area contributed by atoms with Crippen LogP contribution in [0.4, 0.5) is 0 Å². The highest BCUT2D eigenvalue weighted by Gasteiger charge is 2.37. The number of carbonyl (C=O) groups excluding carboxylic acids is 2. The lowest BCUT2D eigenvalue weighted by Crippen LogP contribution is -2.33. The fourth-order valence-corrected chi connectivity index (χ4v) is 4.84. The van der Waals surface area contributed by atoms with Crippen LogP contribution in [0.15, 0.2) is 48.5 Å². The summed E-state index contributed by atoms with van der Waals surface area (Å²) in [7, 11) is 0. The number of rotatable bonds is 3. The first kappa shape index (κ1) is 20.4. The maximum Gasteiger partial charge on any atom is 0.253 e. The zero-order valence-corrected chi connectivity index (χ0v) is 18.2. The second-order valence-corrected chi connectivity index (χ2v) is 8.90. The van der Waals surface area contributed by atoms with E-state index in [0.29, 0.717) is 22.9 Å². The van der Waals surface area contributed by atoms with E-state index in [0.717, 1.165) is 50.1 Å². The highest BCUT2D eigenvalue weighted by Crippen LogP contribution is 2.33. The van der Waals surface area contributed by atoms with Crippen LogP contribution < -0.4 is 0 Å². The van der Waals surface area contributed by atoms with Crippen molar-refractivity contribution in [3.8, 4) is 0 Å². The van der Waals surface area contributed by atoms with Gasteiger partial charge in [0.1, 0.15) is 11.0 Å². The van der Waals surface area contributed by atoms with Gasteiger partial charge in [-0.3, -0.25) is 9.59 Å². The lowest BCUT2D eigenvalue weighted by Gasteiger charge is -2.21. The number of fused-ring (bicyclic) bond motifs is 2. The zero-order valence-electron chi connectivity index (χ0n) is 18.2. The van der Waals surface area contributed by atoms with Crippen LogP contribution in [0.1, 0.15) is 34.3 Å². The molecule has 0 aliphatic carbocycles. The molecule has 2 fully saturated rings. The summed E-state index contributed by atoms with van der Waals surface area (Å²) >= 11 is 0. The van der Waals surface area contributed by atoms with Crippen molar-refractivity contribution in [3.63, 3.8) is 0 Å². The van der Waals surface area contributed by atoms with Gasteiger partial charge in [-0.2, -0.15) is 15.4 Å². The molecule has 0 unspecified atom stereocenters. The van der Waals surface area contributed by atoms with Gasteiger partial charge in [-0.1, -0.05) is 29.8 Å². The Morgan fingerprint density at radius 3 is 2.34 bits per heavy atom. The molecular weight excluding hydrogens is 402 g/mol. The van der Waals surface area contributed by atoms with E-state index in [4.69, 9.17) is 0 Å². The molecule has 5 rings (SSSR count). The Morgan fingerprint density at radius 2 is 1.62 bits per heavy atom. The van der Waals surface area contributed by atoms with Crippen LogP contribution in [0.2, 0.25) is 0 Å². The Labute approximate surface area is 187 Å².